The largest absolute Gasteiger partial charge is 0.294 e. The van der Waals surface area contributed by atoms with Gasteiger partial charge < -0.3 is 0 Å². The van der Waals surface area contributed by atoms with Gasteiger partial charge in [0.2, 0.25) is 0 Å². The van der Waals surface area contributed by atoms with Gasteiger partial charge in [0.1, 0.15) is 0 Å². The predicted molar refractivity (Wildman–Crippen MR) is 58.8 cm³/mol. The van der Waals surface area contributed by atoms with Crippen LogP contribution in [0.3, 0.4) is 0 Å². The summed E-state index contributed by atoms with van der Waals surface area (Å²) in [5.41, 5.74) is 0. The summed E-state index contributed by atoms with van der Waals surface area (Å²) in [7, 11) is 0. The molecular weight excluding hydrogens is 158 g/mol. The minimum Gasteiger partial charge on any atom is -0.294 e. The Bertz CT molecular complexity index is 170. The molecule has 1 heteroatoms. The second-order valence-electron chi connectivity index (χ2n) is 4.64. The maximum Gasteiger partial charge on any atom is 0.0303 e. The Morgan fingerprint density at radius 1 is 1.23 bits per heavy atom. The summed E-state index contributed by atoms with van der Waals surface area (Å²) in [6.07, 6.45) is 7.33. The van der Waals surface area contributed by atoms with Crippen LogP contribution in [0.25, 0.3) is 0 Å². The van der Waals surface area contributed by atoms with Crippen molar-refractivity contribution >= 4 is 0 Å². The van der Waals surface area contributed by atoms with E-state index in [0.29, 0.717) is 12.1 Å². The fourth-order valence-electron chi connectivity index (χ4n) is 2.09. The highest BCUT2D eigenvalue weighted by atomic mass is 15.2. The SMILES string of the molecule is CC(C)C1C=CCCCN1C(C)C. The van der Waals surface area contributed by atoms with Crippen LogP contribution in [0.4, 0.5) is 0 Å². The van der Waals surface area contributed by atoms with Crippen molar-refractivity contribution in [3.05, 3.63) is 12.2 Å². The van der Waals surface area contributed by atoms with Crippen molar-refractivity contribution in [2.45, 2.75) is 52.6 Å². The first kappa shape index (κ1) is 10.8. The molecule has 1 atom stereocenters. The zero-order valence-electron chi connectivity index (χ0n) is 9.46. The topological polar surface area (TPSA) is 3.24 Å². The standard InChI is InChI=1S/C12H23N/c1-10(2)12-8-6-5-7-9-13(12)11(3)4/h6,8,10-12H,5,7,9H2,1-4H3. The van der Waals surface area contributed by atoms with Crippen LogP contribution >= 0.6 is 0 Å². The summed E-state index contributed by atoms with van der Waals surface area (Å²) in [5, 5.41) is 0. The Morgan fingerprint density at radius 3 is 2.46 bits per heavy atom. The first-order chi connectivity index (χ1) is 6.13. The van der Waals surface area contributed by atoms with E-state index in [4.69, 9.17) is 0 Å². The molecule has 1 heterocycles. The number of rotatable bonds is 2. The summed E-state index contributed by atoms with van der Waals surface area (Å²) >= 11 is 0. The number of hydrogen-bond acceptors (Lipinski definition) is 1. The van der Waals surface area contributed by atoms with Gasteiger partial charge in [-0.15, -0.1) is 0 Å². The molecule has 0 aromatic carbocycles. The molecule has 0 N–H and O–H groups in total. The molecule has 0 spiro atoms. The smallest absolute Gasteiger partial charge is 0.0303 e. The average molecular weight is 181 g/mol. The van der Waals surface area contributed by atoms with Crippen molar-refractivity contribution in [3.8, 4) is 0 Å². The highest BCUT2D eigenvalue weighted by molar-refractivity contribution is 4.99. The molecule has 0 radical (unpaired) electrons. The van der Waals surface area contributed by atoms with Crippen LogP contribution in [-0.2, 0) is 0 Å². The molecule has 1 nitrogen and oxygen atoms in total. The van der Waals surface area contributed by atoms with Gasteiger partial charge in [-0.25, -0.2) is 0 Å². The van der Waals surface area contributed by atoms with Crippen molar-refractivity contribution in [1.82, 2.24) is 4.90 Å². The Balaban J connectivity index is 2.70. The van der Waals surface area contributed by atoms with Crippen LogP contribution in [0, 0.1) is 5.92 Å². The van der Waals surface area contributed by atoms with Gasteiger partial charge in [0.05, 0.1) is 0 Å². The molecular formula is C12H23N. The molecule has 0 saturated carbocycles. The van der Waals surface area contributed by atoms with Crippen LogP contribution in [0.1, 0.15) is 40.5 Å². The Hall–Kier alpha value is -0.300. The van der Waals surface area contributed by atoms with Gasteiger partial charge in [-0.1, -0.05) is 26.0 Å². The molecule has 0 aliphatic carbocycles. The molecule has 1 rings (SSSR count). The van der Waals surface area contributed by atoms with E-state index < -0.39 is 0 Å². The van der Waals surface area contributed by atoms with Gasteiger partial charge in [-0.3, -0.25) is 4.90 Å². The molecule has 76 valence electrons. The van der Waals surface area contributed by atoms with Crippen molar-refractivity contribution < 1.29 is 0 Å². The molecule has 0 amide bonds. The van der Waals surface area contributed by atoms with E-state index in [9.17, 15) is 0 Å². The first-order valence-corrected chi connectivity index (χ1v) is 5.55. The first-order valence-electron chi connectivity index (χ1n) is 5.55. The van der Waals surface area contributed by atoms with E-state index in [-0.39, 0.29) is 0 Å². The van der Waals surface area contributed by atoms with Gasteiger partial charge in [0, 0.05) is 12.1 Å². The van der Waals surface area contributed by atoms with Crippen LogP contribution in [-0.4, -0.2) is 23.5 Å². The van der Waals surface area contributed by atoms with E-state index in [1.807, 2.05) is 0 Å². The quantitative estimate of drug-likeness (QED) is 0.592. The van der Waals surface area contributed by atoms with Crippen LogP contribution in [0.15, 0.2) is 12.2 Å². The Kier molecular flexibility index (Phi) is 3.98. The fourth-order valence-corrected chi connectivity index (χ4v) is 2.09. The fraction of sp³-hybridized carbons (Fsp3) is 0.833. The van der Waals surface area contributed by atoms with E-state index in [1.54, 1.807) is 0 Å². The summed E-state index contributed by atoms with van der Waals surface area (Å²) in [6.45, 7) is 10.5. The van der Waals surface area contributed by atoms with Crippen LogP contribution in [0.5, 0.6) is 0 Å². The van der Waals surface area contributed by atoms with Crippen molar-refractivity contribution in [3.63, 3.8) is 0 Å². The zero-order valence-corrected chi connectivity index (χ0v) is 9.46. The predicted octanol–water partition coefficient (Wildman–Crippen LogP) is 3.07. The molecule has 13 heavy (non-hydrogen) atoms. The molecule has 0 saturated heterocycles. The minimum atomic E-state index is 0.655. The highest BCUT2D eigenvalue weighted by Crippen LogP contribution is 2.19. The molecule has 0 aromatic rings. The van der Waals surface area contributed by atoms with Crippen LogP contribution in [0.2, 0.25) is 0 Å². The van der Waals surface area contributed by atoms with Gasteiger partial charge in [-0.05, 0) is 39.2 Å². The minimum absolute atomic E-state index is 0.655. The molecule has 1 aliphatic rings. The molecule has 0 bridgehead atoms. The van der Waals surface area contributed by atoms with E-state index >= 15 is 0 Å². The average Bonchev–Trinajstić information content (AvgIpc) is 2.27. The zero-order chi connectivity index (χ0) is 9.84. The number of allylic oxidation sites excluding steroid dienone is 1. The molecule has 0 aromatic heterocycles. The van der Waals surface area contributed by atoms with Crippen molar-refractivity contribution in [2.75, 3.05) is 6.54 Å². The molecule has 0 fully saturated rings. The lowest BCUT2D eigenvalue weighted by atomic mass is 10.0. The summed E-state index contributed by atoms with van der Waals surface area (Å²) in [5.74, 6) is 0.733. The highest BCUT2D eigenvalue weighted by Gasteiger charge is 2.22. The molecule has 1 aliphatic heterocycles. The molecule has 1 unspecified atom stereocenters. The van der Waals surface area contributed by atoms with Gasteiger partial charge in [0.25, 0.3) is 0 Å². The maximum absolute atomic E-state index is 2.62. The van der Waals surface area contributed by atoms with Crippen LogP contribution < -0.4 is 0 Å². The second-order valence-corrected chi connectivity index (χ2v) is 4.64. The summed E-state index contributed by atoms with van der Waals surface area (Å²) in [4.78, 5) is 2.62. The van der Waals surface area contributed by atoms with Crippen molar-refractivity contribution in [1.29, 1.82) is 0 Å². The summed E-state index contributed by atoms with van der Waals surface area (Å²) in [6, 6.07) is 1.33. The maximum atomic E-state index is 2.62. The van der Waals surface area contributed by atoms with Gasteiger partial charge >= 0.3 is 0 Å². The Labute approximate surface area is 82.8 Å². The lowest BCUT2D eigenvalue weighted by Crippen LogP contribution is -2.42. The third-order valence-corrected chi connectivity index (χ3v) is 2.85. The normalized spacial score (nSPS) is 25.5. The second kappa shape index (κ2) is 4.80. The monoisotopic (exact) mass is 181 g/mol. The lowest BCUT2D eigenvalue weighted by Gasteiger charge is -2.34. The van der Waals surface area contributed by atoms with E-state index in [2.05, 4.69) is 44.7 Å². The third kappa shape index (κ3) is 2.84. The third-order valence-electron chi connectivity index (χ3n) is 2.85. The number of hydrogen-bond donors (Lipinski definition) is 0. The lowest BCUT2D eigenvalue weighted by molar-refractivity contribution is 0.151. The Morgan fingerprint density at radius 2 is 1.92 bits per heavy atom. The van der Waals surface area contributed by atoms with Gasteiger partial charge in [-0.2, -0.15) is 0 Å². The number of nitrogens with zero attached hydrogens (tertiary/aromatic N) is 1. The van der Waals surface area contributed by atoms with E-state index in [0.717, 1.165) is 5.92 Å². The van der Waals surface area contributed by atoms with Gasteiger partial charge in [0.15, 0.2) is 0 Å². The van der Waals surface area contributed by atoms with Crippen molar-refractivity contribution in [2.24, 2.45) is 5.92 Å². The summed E-state index contributed by atoms with van der Waals surface area (Å²) < 4.78 is 0. The van der Waals surface area contributed by atoms with E-state index in [1.165, 1.54) is 19.4 Å².